The molecule has 118 valence electrons. The number of pyridine rings is 1. The van der Waals surface area contributed by atoms with Gasteiger partial charge in [0.2, 0.25) is 5.91 Å². The number of hydrogen-bond donors (Lipinski definition) is 1. The summed E-state index contributed by atoms with van der Waals surface area (Å²) in [6.45, 7) is 5.76. The average molecular weight is 299 g/mol. The van der Waals surface area contributed by atoms with Gasteiger partial charge >= 0.3 is 0 Å². The van der Waals surface area contributed by atoms with E-state index in [4.69, 9.17) is 0 Å². The highest BCUT2D eigenvalue weighted by Gasteiger charge is 2.12. The van der Waals surface area contributed by atoms with Crippen LogP contribution < -0.4 is 5.32 Å². The molecular formula is C18H25N3O. The average Bonchev–Trinajstić information content (AvgIpc) is 2.48. The zero-order valence-electron chi connectivity index (χ0n) is 13.9. The van der Waals surface area contributed by atoms with Crippen molar-refractivity contribution in [1.82, 2.24) is 15.2 Å². The lowest BCUT2D eigenvalue weighted by atomic mass is 9.99. The fourth-order valence-electron chi connectivity index (χ4n) is 2.68. The molecule has 0 bridgehead atoms. The number of carbonyl (C=O) groups excluding carboxylic acids is 1. The first-order chi connectivity index (χ1) is 10.5. The summed E-state index contributed by atoms with van der Waals surface area (Å²) in [5.41, 5.74) is 4.14. The molecule has 0 spiro atoms. The standard InChI is InChI=1S/C18H25N3O/c1-13-15-8-5-6-9-17(15)20-14(2)16(13)12-18(22)19-10-7-11-21(3)4/h5-6,8-9H,7,10-12H2,1-4H3,(H,19,22). The van der Waals surface area contributed by atoms with Crippen molar-refractivity contribution in [3.63, 3.8) is 0 Å². The molecule has 0 unspecified atom stereocenters. The molecule has 0 saturated heterocycles. The van der Waals surface area contributed by atoms with Gasteiger partial charge in [-0.3, -0.25) is 9.78 Å². The molecule has 2 rings (SSSR count). The molecule has 0 fully saturated rings. The van der Waals surface area contributed by atoms with Crippen molar-refractivity contribution in [3.8, 4) is 0 Å². The Kier molecular flexibility index (Phi) is 5.50. The molecule has 0 saturated carbocycles. The first-order valence-electron chi connectivity index (χ1n) is 7.75. The Morgan fingerprint density at radius 2 is 1.95 bits per heavy atom. The topological polar surface area (TPSA) is 45.2 Å². The van der Waals surface area contributed by atoms with Crippen molar-refractivity contribution in [2.45, 2.75) is 26.7 Å². The molecule has 4 nitrogen and oxygen atoms in total. The molecule has 0 radical (unpaired) electrons. The van der Waals surface area contributed by atoms with Gasteiger partial charge in [0, 0.05) is 17.6 Å². The molecule has 1 N–H and O–H groups in total. The number of aryl methyl sites for hydroxylation is 2. The maximum Gasteiger partial charge on any atom is 0.224 e. The van der Waals surface area contributed by atoms with E-state index in [1.54, 1.807) is 0 Å². The summed E-state index contributed by atoms with van der Waals surface area (Å²) in [4.78, 5) is 18.9. The van der Waals surface area contributed by atoms with Crippen LogP contribution in [0, 0.1) is 13.8 Å². The third-order valence-corrected chi connectivity index (χ3v) is 3.93. The number of amides is 1. The second-order valence-corrected chi connectivity index (χ2v) is 6.00. The van der Waals surface area contributed by atoms with Crippen molar-refractivity contribution in [2.24, 2.45) is 0 Å². The van der Waals surface area contributed by atoms with E-state index in [2.05, 4.69) is 28.2 Å². The van der Waals surface area contributed by atoms with Gasteiger partial charge in [0.25, 0.3) is 0 Å². The van der Waals surface area contributed by atoms with Crippen molar-refractivity contribution in [2.75, 3.05) is 27.2 Å². The van der Waals surface area contributed by atoms with Gasteiger partial charge in [0.05, 0.1) is 11.9 Å². The predicted octanol–water partition coefficient (Wildman–Crippen LogP) is 2.46. The summed E-state index contributed by atoms with van der Waals surface area (Å²) in [6.07, 6.45) is 1.37. The van der Waals surface area contributed by atoms with Gasteiger partial charge in [-0.1, -0.05) is 18.2 Å². The summed E-state index contributed by atoms with van der Waals surface area (Å²) >= 11 is 0. The van der Waals surface area contributed by atoms with E-state index >= 15 is 0 Å². The SMILES string of the molecule is Cc1nc2ccccc2c(C)c1CC(=O)NCCCN(C)C. The summed E-state index contributed by atoms with van der Waals surface area (Å²) in [6, 6.07) is 8.08. The fourth-order valence-corrected chi connectivity index (χ4v) is 2.68. The molecule has 2 aromatic rings. The molecule has 0 aliphatic heterocycles. The maximum atomic E-state index is 12.1. The van der Waals surface area contributed by atoms with E-state index in [1.165, 1.54) is 0 Å². The molecule has 4 heteroatoms. The minimum Gasteiger partial charge on any atom is -0.356 e. The Morgan fingerprint density at radius 1 is 1.23 bits per heavy atom. The van der Waals surface area contributed by atoms with Crippen molar-refractivity contribution in [3.05, 3.63) is 41.1 Å². The number of nitrogens with one attached hydrogen (secondary N) is 1. The molecule has 1 aromatic heterocycles. The van der Waals surface area contributed by atoms with E-state index in [-0.39, 0.29) is 5.91 Å². The molecule has 1 aromatic carbocycles. The van der Waals surface area contributed by atoms with Gasteiger partial charge in [-0.05, 0) is 58.1 Å². The third kappa shape index (κ3) is 4.04. The highest BCUT2D eigenvalue weighted by Crippen LogP contribution is 2.22. The first kappa shape index (κ1) is 16.4. The van der Waals surface area contributed by atoms with Crippen LogP contribution in [-0.2, 0) is 11.2 Å². The summed E-state index contributed by atoms with van der Waals surface area (Å²) < 4.78 is 0. The maximum absolute atomic E-state index is 12.1. The van der Waals surface area contributed by atoms with Crippen LogP contribution in [0.3, 0.4) is 0 Å². The molecule has 1 heterocycles. The number of benzene rings is 1. The highest BCUT2D eigenvalue weighted by atomic mass is 16.1. The van der Waals surface area contributed by atoms with Gasteiger partial charge in [0.1, 0.15) is 0 Å². The minimum atomic E-state index is 0.0713. The Morgan fingerprint density at radius 3 is 2.68 bits per heavy atom. The van der Waals surface area contributed by atoms with Crippen LogP contribution in [0.15, 0.2) is 24.3 Å². The number of hydrogen-bond acceptors (Lipinski definition) is 3. The van der Waals surface area contributed by atoms with E-state index in [0.717, 1.165) is 47.2 Å². The highest BCUT2D eigenvalue weighted by molar-refractivity contribution is 5.86. The zero-order valence-corrected chi connectivity index (χ0v) is 13.9. The van der Waals surface area contributed by atoms with Crippen molar-refractivity contribution >= 4 is 16.8 Å². The normalized spacial score (nSPS) is 11.1. The third-order valence-electron chi connectivity index (χ3n) is 3.93. The molecule has 0 aliphatic carbocycles. The Hall–Kier alpha value is -1.94. The van der Waals surface area contributed by atoms with E-state index < -0.39 is 0 Å². The number of rotatable bonds is 6. The fraction of sp³-hybridized carbons (Fsp3) is 0.444. The molecular weight excluding hydrogens is 274 g/mol. The number of fused-ring (bicyclic) bond motifs is 1. The van der Waals surface area contributed by atoms with Crippen LogP contribution in [0.25, 0.3) is 10.9 Å². The lowest BCUT2D eigenvalue weighted by Gasteiger charge is -2.13. The minimum absolute atomic E-state index is 0.0713. The van der Waals surface area contributed by atoms with Crippen LogP contribution in [0.5, 0.6) is 0 Å². The first-order valence-corrected chi connectivity index (χ1v) is 7.75. The lowest BCUT2D eigenvalue weighted by molar-refractivity contribution is -0.120. The lowest BCUT2D eigenvalue weighted by Crippen LogP contribution is -2.28. The van der Waals surface area contributed by atoms with Crippen LogP contribution >= 0.6 is 0 Å². The van der Waals surface area contributed by atoms with E-state index in [0.29, 0.717) is 6.42 Å². The van der Waals surface area contributed by atoms with Crippen LogP contribution in [0.1, 0.15) is 23.2 Å². The summed E-state index contributed by atoms with van der Waals surface area (Å²) in [5.74, 6) is 0.0713. The number of aromatic nitrogens is 1. The zero-order chi connectivity index (χ0) is 16.1. The predicted molar refractivity (Wildman–Crippen MR) is 91.1 cm³/mol. The van der Waals surface area contributed by atoms with Crippen LogP contribution in [0.4, 0.5) is 0 Å². The second kappa shape index (κ2) is 7.36. The van der Waals surface area contributed by atoms with Gasteiger partial charge < -0.3 is 10.2 Å². The van der Waals surface area contributed by atoms with Gasteiger partial charge in [-0.2, -0.15) is 0 Å². The number of para-hydroxylation sites is 1. The van der Waals surface area contributed by atoms with Gasteiger partial charge in [-0.15, -0.1) is 0 Å². The van der Waals surface area contributed by atoms with Crippen LogP contribution in [-0.4, -0.2) is 43.0 Å². The number of carbonyl (C=O) groups is 1. The van der Waals surface area contributed by atoms with Gasteiger partial charge in [-0.25, -0.2) is 0 Å². The van der Waals surface area contributed by atoms with Gasteiger partial charge in [0.15, 0.2) is 0 Å². The van der Waals surface area contributed by atoms with Crippen LogP contribution in [0.2, 0.25) is 0 Å². The monoisotopic (exact) mass is 299 g/mol. The summed E-state index contributed by atoms with van der Waals surface area (Å²) in [5, 5.41) is 4.12. The van der Waals surface area contributed by atoms with Crippen molar-refractivity contribution in [1.29, 1.82) is 0 Å². The Bertz CT molecular complexity index is 665. The molecule has 0 aliphatic rings. The van der Waals surface area contributed by atoms with E-state index in [1.807, 2.05) is 39.2 Å². The Balaban J connectivity index is 2.06. The quantitative estimate of drug-likeness (QED) is 0.833. The smallest absolute Gasteiger partial charge is 0.224 e. The number of nitrogens with zero attached hydrogens (tertiary/aromatic N) is 2. The molecule has 22 heavy (non-hydrogen) atoms. The summed E-state index contributed by atoms with van der Waals surface area (Å²) in [7, 11) is 4.07. The Labute approximate surface area is 132 Å². The second-order valence-electron chi connectivity index (χ2n) is 6.00. The molecule has 0 atom stereocenters. The molecule has 1 amide bonds. The van der Waals surface area contributed by atoms with Crippen molar-refractivity contribution < 1.29 is 4.79 Å². The largest absolute Gasteiger partial charge is 0.356 e. The van der Waals surface area contributed by atoms with E-state index in [9.17, 15) is 4.79 Å².